The molecule has 1 saturated carbocycles. The maximum absolute atomic E-state index is 13.2. The molecule has 1 aromatic rings. The molecule has 0 bridgehead atoms. The van der Waals surface area contributed by atoms with Gasteiger partial charge in [0.1, 0.15) is 5.56 Å². The summed E-state index contributed by atoms with van der Waals surface area (Å²) in [5.41, 5.74) is -1.30. The predicted molar refractivity (Wildman–Crippen MR) is 85.8 cm³/mol. The molecule has 3 atom stereocenters. The molecule has 2 fully saturated rings. The van der Waals surface area contributed by atoms with Crippen molar-refractivity contribution in [2.24, 2.45) is 0 Å². The van der Waals surface area contributed by atoms with Crippen molar-refractivity contribution >= 4 is 11.9 Å². The maximum Gasteiger partial charge on any atom is 0.343 e. The molecule has 0 radical (unpaired) electrons. The molecule has 1 spiro atoms. The molecule has 1 aromatic heterocycles. The van der Waals surface area contributed by atoms with Crippen molar-refractivity contribution in [2.45, 2.75) is 44.1 Å². The van der Waals surface area contributed by atoms with Crippen molar-refractivity contribution in [3.05, 3.63) is 27.7 Å². The molecule has 134 valence electrons. The monoisotopic (exact) mass is 348 g/mol. The zero-order valence-electron chi connectivity index (χ0n) is 14.4. The second kappa shape index (κ2) is 5.32. The van der Waals surface area contributed by atoms with Crippen LogP contribution in [0.4, 0.5) is 0 Å². The highest BCUT2D eigenvalue weighted by Crippen LogP contribution is 2.52. The fourth-order valence-corrected chi connectivity index (χ4v) is 4.50. The van der Waals surface area contributed by atoms with Crippen LogP contribution >= 0.6 is 0 Å². The number of carbonyl (C=O) groups is 2. The summed E-state index contributed by atoms with van der Waals surface area (Å²) >= 11 is 0. The molecule has 4 rings (SSSR count). The van der Waals surface area contributed by atoms with E-state index in [-0.39, 0.29) is 35.1 Å². The molecule has 0 aromatic carbocycles. The van der Waals surface area contributed by atoms with Gasteiger partial charge in [0.05, 0.1) is 26.4 Å². The highest BCUT2D eigenvalue weighted by Gasteiger charge is 2.60. The molecule has 8 nitrogen and oxygen atoms in total. The first kappa shape index (κ1) is 16.1. The Kier molecular flexibility index (Phi) is 3.44. The molecule has 1 aliphatic carbocycles. The minimum Gasteiger partial charge on any atom is -0.491 e. The van der Waals surface area contributed by atoms with E-state index in [1.165, 1.54) is 20.4 Å². The summed E-state index contributed by atoms with van der Waals surface area (Å²) in [5.74, 6) is -1.16. The fraction of sp³-hybridized carbons (Fsp3) is 0.588. The number of hydrogen-bond donors (Lipinski definition) is 0. The maximum atomic E-state index is 13.2. The van der Waals surface area contributed by atoms with E-state index in [0.717, 1.165) is 19.3 Å². The highest BCUT2D eigenvalue weighted by atomic mass is 16.5. The third-order valence-corrected chi connectivity index (χ3v) is 5.42. The quantitative estimate of drug-likeness (QED) is 0.739. The van der Waals surface area contributed by atoms with E-state index in [9.17, 15) is 14.4 Å². The van der Waals surface area contributed by atoms with E-state index in [1.54, 1.807) is 9.47 Å². The lowest BCUT2D eigenvalue weighted by atomic mass is 9.99. The van der Waals surface area contributed by atoms with Crippen LogP contribution in [-0.4, -0.2) is 53.9 Å². The Labute approximate surface area is 144 Å². The van der Waals surface area contributed by atoms with Crippen LogP contribution in [0.5, 0.6) is 5.75 Å². The minimum absolute atomic E-state index is 0.0859. The third-order valence-electron chi connectivity index (χ3n) is 5.42. The normalized spacial score (nSPS) is 29.9. The predicted octanol–water partition coefficient (Wildman–Crippen LogP) is 0.939. The number of pyridine rings is 1. The van der Waals surface area contributed by atoms with Crippen LogP contribution in [0.15, 0.2) is 11.0 Å². The van der Waals surface area contributed by atoms with Crippen LogP contribution in [0.25, 0.3) is 0 Å². The lowest BCUT2D eigenvalue weighted by Gasteiger charge is -2.44. The SMILES string of the molecule is COC(=O)c1cn2c(c(OC)c1=O)C(=O)N1C[C@@H](C)O[C@]13CCC[C@H]23. The molecule has 3 heterocycles. The first-order valence-electron chi connectivity index (χ1n) is 8.36. The van der Waals surface area contributed by atoms with Gasteiger partial charge in [-0.3, -0.25) is 9.59 Å². The summed E-state index contributed by atoms with van der Waals surface area (Å²) in [6.07, 6.45) is 3.75. The Balaban J connectivity index is 2.00. The highest BCUT2D eigenvalue weighted by molar-refractivity contribution is 5.98. The Hall–Kier alpha value is -2.35. The number of rotatable bonds is 2. The van der Waals surface area contributed by atoms with Crippen molar-refractivity contribution in [3.8, 4) is 5.75 Å². The van der Waals surface area contributed by atoms with E-state index in [0.29, 0.717) is 6.54 Å². The van der Waals surface area contributed by atoms with Gasteiger partial charge in [0.2, 0.25) is 5.43 Å². The summed E-state index contributed by atoms with van der Waals surface area (Å²) in [6, 6.07) is -0.164. The van der Waals surface area contributed by atoms with Gasteiger partial charge in [-0.25, -0.2) is 4.79 Å². The minimum atomic E-state index is -0.749. The number of nitrogens with zero attached hydrogens (tertiary/aromatic N) is 2. The number of esters is 1. The lowest BCUT2D eigenvalue weighted by Crippen LogP contribution is -2.56. The first-order valence-corrected chi connectivity index (χ1v) is 8.36. The smallest absolute Gasteiger partial charge is 0.343 e. The number of fused-ring (bicyclic) bond motifs is 2. The van der Waals surface area contributed by atoms with Crippen molar-refractivity contribution in [2.75, 3.05) is 20.8 Å². The van der Waals surface area contributed by atoms with E-state index in [4.69, 9.17) is 14.2 Å². The van der Waals surface area contributed by atoms with E-state index < -0.39 is 17.1 Å². The van der Waals surface area contributed by atoms with Crippen LogP contribution in [0.2, 0.25) is 0 Å². The Morgan fingerprint density at radius 3 is 2.80 bits per heavy atom. The molecule has 25 heavy (non-hydrogen) atoms. The van der Waals surface area contributed by atoms with Gasteiger partial charge in [-0.15, -0.1) is 0 Å². The summed E-state index contributed by atoms with van der Waals surface area (Å²) < 4.78 is 17.8. The lowest BCUT2D eigenvalue weighted by molar-refractivity contribution is -0.116. The molecular weight excluding hydrogens is 328 g/mol. The van der Waals surface area contributed by atoms with Crippen molar-refractivity contribution in [1.29, 1.82) is 0 Å². The average Bonchev–Trinajstić information content (AvgIpc) is 3.16. The number of ether oxygens (including phenoxy) is 3. The fourth-order valence-electron chi connectivity index (χ4n) is 4.50. The van der Waals surface area contributed by atoms with E-state index in [1.807, 2.05) is 6.92 Å². The van der Waals surface area contributed by atoms with Crippen LogP contribution in [0.1, 0.15) is 53.1 Å². The van der Waals surface area contributed by atoms with Crippen molar-refractivity contribution in [1.82, 2.24) is 9.47 Å². The molecule has 1 saturated heterocycles. The van der Waals surface area contributed by atoms with Gasteiger partial charge in [-0.1, -0.05) is 0 Å². The second-order valence-corrected chi connectivity index (χ2v) is 6.75. The molecule has 3 aliphatic rings. The van der Waals surface area contributed by atoms with Gasteiger partial charge in [-0.05, 0) is 26.2 Å². The van der Waals surface area contributed by atoms with Gasteiger partial charge in [0.15, 0.2) is 17.2 Å². The van der Waals surface area contributed by atoms with Gasteiger partial charge in [-0.2, -0.15) is 0 Å². The van der Waals surface area contributed by atoms with Crippen LogP contribution in [0.3, 0.4) is 0 Å². The molecule has 2 aliphatic heterocycles. The molecule has 8 heteroatoms. The number of amides is 1. The van der Waals surface area contributed by atoms with E-state index in [2.05, 4.69) is 0 Å². The Bertz CT molecular complexity index is 831. The van der Waals surface area contributed by atoms with Crippen molar-refractivity contribution < 1.29 is 23.8 Å². The summed E-state index contributed by atoms with van der Waals surface area (Å²) in [5, 5.41) is 0. The van der Waals surface area contributed by atoms with Gasteiger partial charge < -0.3 is 23.7 Å². The number of aromatic nitrogens is 1. The Morgan fingerprint density at radius 2 is 2.12 bits per heavy atom. The Morgan fingerprint density at radius 1 is 1.36 bits per heavy atom. The summed E-state index contributed by atoms with van der Waals surface area (Å²) in [4.78, 5) is 39.5. The summed E-state index contributed by atoms with van der Waals surface area (Å²) in [6.45, 7) is 2.41. The zero-order chi connectivity index (χ0) is 17.9. The number of hydrogen-bond acceptors (Lipinski definition) is 6. The summed E-state index contributed by atoms with van der Waals surface area (Å²) in [7, 11) is 2.54. The zero-order valence-corrected chi connectivity index (χ0v) is 14.4. The average molecular weight is 348 g/mol. The molecular formula is C17H20N2O6. The largest absolute Gasteiger partial charge is 0.491 e. The second-order valence-electron chi connectivity index (χ2n) is 6.75. The van der Waals surface area contributed by atoms with Crippen LogP contribution in [-0.2, 0) is 9.47 Å². The van der Waals surface area contributed by atoms with E-state index >= 15 is 0 Å². The number of carbonyl (C=O) groups excluding carboxylic acids is 2. The molecule has 0 N–H and O–H groups in total. The van der Waals surface area contributed by atoms with Crippen LogP contribution in [0, 0.1) is 0 Å². The van der Waals surface area contributed by atoms with Crippen LogP contribution < -0.4 is 10.2 Å². The molecule has 1 amide bonds. The standard InChI is InChI=1S/C17H20N2O6/c1-9-7-19-15(21)12-14(23-2)13(20)10(16(22)24-3)8-18(12)11-5-4-6-17(11,19)25-9/h8-9,11H,4-7H2,1-3H3/t9-,11+,17+/m1/s1. The van der Waals surface area contributed by atoms with Gasteiger partial charge >= 0.3 is 5.97 Å². The third kappa shape index (κ3) is 1.94. The first-order chi connectivity index (χ1) is 11.9. The topological polar surface area (TPSA) is 87.1 Å². The molecule has 0 unspecified atom stereocenters. The van der Waals surface area contributed by atoms with Crippen molar-refractivity contribution in [3.63, 3.8) is 0 Å². The number of methoxy groups -OCH3 is 2. The van der Waals surface area contributed by atoms with Gasteiger partial charge in [0, 0.05) is 12.7 Å². The van der Waals surface area contributed by atoms with Gasteiger partial charge in [0.25, 0.3) is 5.91 Å².